The van der Waals surface area contributed by atoms with Gasteiger partial charge in [-0.3, -0.25) is 9.69 Å². The average Bonchev–Trinajstić information content (AvgIpc) is 2.99. The molecule has 5 rings (SSSR count). The number of fused-ring (bicyclic) bond motifs is 3. The van der Waals surface area contributed by atoms with Crippen molar-refractivity contribution in [3.05, 3.63) is 48.0 Å². The average molecular weight is 722 g/mol. The number of hydrogen-bond donors (Lipinski definition) is 2. The summed E-state index contributed by atoms with van der Waals surface area (Å²) in [5.74, 6) is -1.65. The lowest BCUT2D eigenvalue weighted by Crippen LogP contribution is -2.87. The van der Waals surface area contributed by atoms with Crippen molar-refractivity contribution in [2.24, 2.45) is 16.7 Å². The van der Waals surface area contributed by atoms with Crippen LogP contribution in [0.15, 0.2) is 36.9 Å². The Labute approximate surface area is 300 Å². The zero-order valence-corrected chi connectivity index (χ0v) is 33.1. The molecule has 4 aliphatic rings. The molecule has 1 aromatic rings. The summed E-state index contributed by atoms with van der Waals surface area (Å²) in [6.07, 6.45) is -0.484. The fourth-order valence-electron chi connectivity index (χ4n) is 9.10. The summed E-state index contributed by atoms with van der Waals surface area (Å²) < 4.78 is 25.8. The van der Waals surface area contributed by atoms with Gasteiger partial charge in [0.25, 0.3) is 0 Å². The molecule has 2 heterocycles. The van der Waals surface area contributed by atoms with E-state index in [1.807, 2.05) is 25.1 Å². The van der Waals surface area contributed by atoms with E-state index in [2.05, 4.69) is 59.2 Å². The second-order valence-electron chi connectivity index (χ2n) is 17.6. The van der Waals surface area contributed by atoms with Crippen molar-refractivity contribution in [1.29, 1.82) is 0 Å². The molecule has 0 radical (unpaired) electrons. The number of aliphatic hydroxyl groups is 2. The first-order valence-electron chi connectivity index (χ1n) is 17.6. The number of ether oxygens (including phenoxy) is 3. The number of benzene rings is 1. The Morgan fingerprint density at radius 2 is 1.78 bits per heavy atom. The molecule has 0 spiro atoms. The summed E-state index contributed by atoms with van der Waals surface area (Å²) in [4.78, 5) is 31.0. The molecule has 1 aromatic carbocycles. The summed E-state index contributed by atoms with van der Waals surface area (Å²) in [6.45, 7) is 27.8. The lowest BCUT2D eigenvalue weighted by molar-refractivity contribution is -0.368. The van der Waals surface area contributed by atoms with Crippen LogP contribution in [-0.4, -0.2) is 96.6 Å². The summed E-state index contributed by atoms with van der Waals surface area (Å²) in [5.41, 5.74) is -5.64. The first-order chi connectivity index (χ1) is 22.1. The minimum atomic E-state index is -2.44. The fraction of sp³-hybridized carbons (Fsp3) is 0.737. The number of aliphatic hydroxyl groups excluding tert-OH is 1. The third-order valence-electron chi connectivity index (χ3n) is 12.9. The third-order valence-corrected chi connectivity index (χ3v) is 17.3. The molecule has 8 atom stereocenters. The number of carbonyl (C=O) groups excluding carboxylic acids is 2. The maximum Gasteiger partial charge on any atom is 0.338 e. The smallest absolute Gasteiger partial charge is 0.338 e. The van der Waals surface area contributed by atoms with Crippen LogP contribution in [0, 0.1) is 16.7 Å². The van der Waals surface area contributed by atoms with Gasteiger partial charge in [0.05, 0.1) is 30.5 Å². The lowest BCUT2D eigenvalue weighted by atomic mass is 9.39. The molecule has 0 amide bonds. The highest BCUT2D eigenvalue weighted by atomic mass is 35.5. The van der Waals surface area contributed by atoms with E-state index in [1.165, 1.54) is 0 Å². The van der Waals surface area contributed by atoms with Gasteiger partial charge in [0.15, 0.2) is 19.7 Å². The van der Waals surface area contributed by atoms with Crippen LogP contribution >= 0.6 is 12.4 Å². The normalized spacial score (nSPS) is 38.1. The Morgan fingerprint density at radius 1 is 1.14 bits per heavy atom. The number of Topliss-reactive ketones (excluding diaryl/α,β-unsaturated/α-hetero) is 1. The molecule has 2 saturated carbocycles. The SMILES string of the molecule is C=C[C@@]1(C)CC(=O)[C@]2(O)[C@@]3(C)[C@@H](O[Si](C)(C)C(C)(C)C)CCC(C)(C)[C@@H]3[C@H](OC(=O)c3cccc(CN4CCOCC4)c3)[C@H](O)[C@@]2(C)O1.Cl. The Balaban J connectivity index is 0.00000541. The topological polar surface area (TPSA) is 115 Å². The Bertz CT molecular complexity index is 1420. The predicted molar refractivity (Wildman–Crippen MR) is 194 cm³/mol. The maximum absolute atomic E-state index is 14.6. The molecule has 0 aromatic heterocycles. The zero-order valence-electron chi connectivity index (χ0n) is 31.3. The maximum atomic E-state index is 14.6. The van der Waals surface area contributed by atoms with Crippen LogP contribution < -0.4 is 0 Å². The van der Waals surface area contributed by atoms with Gasteiger partial charge in [-0.2, -0.15) is 0 Å². The van der Waals surface area contributed by atoms with Crippen LogP contribution in [0.2, 0.25) is 18.1 Å². The molecular formula is C38H60ClNO8Si. The molecule has 0 unspecified atom stereocenters. The molecule has 11 heteroatoms. The highest BCUT2D eigenvalue weighted by molar-refractivity contribution is 6.74. The van der Waals surface area contributed by atoms with Gasteiger partial charge in [-0.25, -0.2) is 4.79 Å². The zero-order chi connectivity index (χ0) is 35.7. The molecular weight excluding hydrogens is 662 g/mol. The number of carbonyl (C=O) groups is 2. The minimum Gasteiger partial charge on any atom is -0.456 e. The molecule has 276 valence electrons. The van der Waals surface area contributed by atoms with Crippen LogP contribution in [0.4, 0.5) is 0 Å². The van der Waals surface area contributed by atoms with Crippen molar-refractivity contribution >= 4 is 32.5 Å². The Kier molecular flexibility index (Phi) is 11.0. The van der Waals surface area contributed by atoms with Crippen molar-refractivity contribution < 1.29 is 38.4 Å². The molecule has 2 saturated heterocycles. The fourth-order valence-corrected chi connectivity index (χ4v) is 10.5. The highest BCUT2D eigenvalue weighted by Crippen LogP contribution is 2.68. The summed E-state index contributed by atoms with van der Waals surface area (Å²) in [6, 6.07) is 7.40. The minimum absolute atomic E-state index is 0. The van der Waals surface area contributed by atoms with Gasteiger partial charge in [0.2, 0.25) is 0 Å². The van der Waals surface area contributed by atoms with Gasteiger partial charge in [0.1, 0.15) is 17.8 Å². The second kappa shape index (κ2) is 13.4. The molecule has 49 heavy (non-hydrogen) atoms. The number of halogens is 1. The van der Waals surface area contributed by atoms with E-state index in [4.69, 9.17) is 18.6 Å². The van der Waals surface area contributed by atoms with E-state index in [-0.39, 0.29) is 23.9 Å². The van der Waals surface area contributed by atoms with Gasteiger partial charge >= 0.3 is 5.97 Å². The molecule has 4 fully saturated rings. The molecule has 2 N–H and O–H groups in total. The van der Waals surface area contributed by atoms with E-state index in [0.29, 0.717) is 38.2 Å². The number of nitrogens with zero attached hydrogens (tertiary/aromatic N) is 1. The van der Waals surface area contributed by atoms with Crippen molar-refractivity contribution in [2.75, 3.05) is 26.3 Å². The van der Waals surface area contributed by atoms with Gasteiger partial charge in [-0.05, 0) is 67.9 Å². The number of ketones is 1. The van der Waals surface area contributed by atoms with E-state index < -0.39 is 71.9 Å². The summed E-state index contributed by atoms with van der Waals surface area (Å²) in [7, 11) is -2.44. The highest BCUT2D eigenvalue weighted by Gasteiger charge is 2.81. The summed E-state index contributed by atoms with van der Waals surface area (Å²) in [5, 5.41) is 25.4. The van der Waals surface area contributed by atoms with Crippen molar-refractivity contribution in [1.82, 2.24) is 4.90 Å². The van der Waals surface area contributed by atoms with Crippen molar-refractivity contribution in [3.63, 3.8) is 0 Å². The molecule has 2 aliphatic heterocycles. The standard InChI is InChI=1S/C38H59NO8Si.ClH/c1-12-35(7)23-27(40)38(43)36(8)28(46-48(10,11)33(2,3)4)16-17-34(5,6)30(36)29(31(41)37(38,9)47-35)45-32(42)26-15-13-14-25(22-26)24-39-18-20-44-21-19-39;/h12-15,22,28-31,41,43H,1,16-21,23-24H2,2-11H3;1H/t28-,29-,30-,31-,35-,36-,37+,38-;/m0./s1. The van der Waals surface area contributed by atoms with Crippen LogP contribution in [0.25, 0.3) is 0 Å². The monoisotopic (exact) mass is 721 g/mol. The first kappa shape index (κ1) is 40.1. The lowest BCUT2D eigenvalue weighted by Gasteiger charge is -2.72. The molecule has 9 nitrogen and oxygen atoms in total. The van der Waals surface area contributed by atoms with Crippen LogP contribution in [0.3, 0.4) is 0 Å². The third kappa shape index (κ3) is 6.51. The Morgan fingerprint density at radius 3 is 2.37 bits per heavy atom. The summed E-state index contributed by atoms with van der Waals surface area (Å²) >= 11 is 0. The van der Waals surface area contributed by atoms with Gasteiger partial charge < -0.3 is 28.8 Å². The molecule has 0 bridgehead atoms. The van der Waals surface area contributed by atoms with Crippen LogP contribution in [0.5, 0.6) is 0 Å². The predicted octanol–water partition coefficient (Wildman–Crippen LogP) is 6.10. The number of hydrogen-bond acceptors (Lipinski definition) is 9. The number of morpholine rings is 1. The second-order valence-corrected chi connectivity index (χ2v) is 22.4. The van der Waals surface area contributed by atoms with E-state index in [9.17, 15) is 19.8 Å². The largest absolute Gasteiger partial charge is 0.456 e. The van der Waals surface area contributed by atoms with Gasteiger partial charge in [-0.15, -0.1) is 19.0 Å². The quantitative estimate of drug-likeness (QED) is 0.196. The van der Waals surface area contributed by atoms with E-state index >= 15 is 0 Å². The number of rotatable bonds is 7. The van der Waals surface area contributed by atoms with E-state index in [1.54, 1.807) is 26.0 Å². The molecule has 2 aliphatic carbocycles. The van der Waals surface area contributed by atoms with Gasteiger partial charge in [-0.1, -0.05) is 59.8 Å². The van der Waals surface area contributed by atoms with Crippen molar-refractivity contribution in [3.8, 4) is 0 Å². The first-order valence-corrected chi connectivity index (χ1v) is 20.5. The van der Waals surface area contributed by atoms with Crippen molar-refractivity contribution in [2.45, 2.75) is 134 Å². The van der Waals surface area contributed by atoms with Gasteiger partial charge in [0, 0.05) is 37.4 Å². The van der Waals surface area contributed by atoms with Crippen LogP contribution in [0.1, 0.15) is 90.6 Å². The van der Waals surface area contributed by atoms with Crippen LogP contribution in [-0.2, 0) is 30.0 Å². The number of esters is 1. The Hall–Kier alpha value is -1.63. The van der Waals surface area contributed by atoms with E-state index in [0.717, 1.165) is 18.7 Å².